The summed E-state index contributed by atoms with van der Waals surface area (Å²) in [5.41, 5.74) is 0.158. The monoisotopic (exact) mass is 261 g/mol. The van der Waals surface area contributed by atoms with Gasteiger partial charge in [0.05, 0.1) is 11.7 Å². The lowest BCUT2D eigenvalue weighted by Gasteiger charge is -2.41. The summed E-state index contributed by atoms with van der Waals surface area (Å²) in [6.45, 7) is 2.56. The van der Waals surface area contributed by atoms with Crippen LogP contribution in [0, 0.1) is 0 Å². The molecule has 2 saturated heterocycles. The predicted molar refractivity (Wildman–Crippen MR) is 74.8 cm³/mol. The molecule has 4 atom stereocenters. The molecule has 0 aliphatic carbocycles. The Morgan fingerprint density at radius 3 is 2.32 bits per heavy atom. The van der Waals surface area contributed by atoms with Gasteiger partial charge in [-0.2, -0.15) is 0 Å². The first-order valence-corrected chi connectivity index (χ1v) is 7.28. The lowest BCUT2D eigenvalue weighted by atomic mass is 9.92. The molecular formula is C16H23NO2. The summed E-state index contributed by atoms with van der Waals surface area (Å²) >= 11 is 0. The van der Waals surface area contributed by atoms with E-state index in [1.807, 2.05) is 37.3 Å². The van der Waals surface area contributed by atoms with Crippen molar-refractivity contribution in [1.29, 1.82) is 0 Å². The molecule has 19 heavy (non-hydrogen) atoms. The van der Waals surface area contributed by atoms with Crippen LogP contribution in [0.2, 0.25) is 0 Å². The maximum absolute atomic E-state index is 10.8. The standard InChI is InChI=1S/C16H23NO2/c1-16(19,12-5-3-2-4-6-12)11-17-13-7-8-14(17)10-15(18)9-13/h2-6,13-15,18-19H,7-11H2,1H3/t13-,14+,15?,16-/m0/s1. The lowest BCUT2D eigenvalue weighted by Crippen LogP contribution is -2.50. The number of hydrogen-bond donors (Lipinski definition) is 2. The van der Waals surface area contributed by atoms with Crippen molar-refractivity contribution in [3.05, 3.63) is 35.9 Å². The van der Waals surface area contributed by atoms with Crippen molar-refractivity contribution in [2.24, 2.45) is 0 Å². The highest BCUT2D eigenvalue weighted by molar-refractivity contribution is 5.22. The molecule has 1 aromatic carbocycles. The highest BCUT2D eigenvalue weighted by Gasteiger charge is 2.42. The fraction of sp³-hybridized carbons (Fsp3) is 0.625. The highest BCUT2D eigenvalue weighted by atomic mass is 16.3. The van der Waals surface area contributed by atoms with Gasteiger partial charge in [-0.3, -0.25) is 4.90 Å². The molecule has 3 rings (SSSR count). The van der Waals surface area contributed by atoms with Crippen LogP contribution in [0.15, 0.2) is 30.3 Å². The Bertz CT molecular complexity index is 418. The van der Waals surface area contributed by atoms with Gasteiger partial charge in [-0.05, 0) is 38.2 Å². The second-order valence-corrected chi connectivity index (χ2v) is 6.32. The quantitative estimate of drug-likeness (QED) is 0.873. The molecule has 2 fully saturated rings. The third kappa shape index (κ3) is 2.55. The number of aliphatic hydroxyl groups excluding tert-OH is 1. The third-order valence-electron chi connectivity index (χ3n) is 4.75. The first kappa shape index (κ1) is 13.1. The van der Waals surface area contributed by atoms with Crippen molar-refractivity contribution < 1.29 is 10.2 Å². The smallest absolute Gasteiger partial charge is 0.0995 e. The van der Waals surface area contributed by atoms with Gasteiger partial charge in [0.25, 0.3) is 0 Å². The fourth-order valence-corrected chi connectivity index (χ4v) is 3.75. The average molecular weight is 261 g/mol. The SMILES string of the molecule is C[C@](O)(CN1[C@@H]2CC[C@H]1CC(O)C2)c1ccccc1. The predicted octanol–water partition coefficient (Wildman–Crippen LogP) is 1.88. The van der Waals surface area contributed by atoms with E-state index in [9.17, 15) is 10.2 Å². The van der Waals surface area contributed by atoms with Crippen LogP contribution in [-0.2, 0) is 5.60 Å². The number of benzene rings is 1. The van der Waals surface area contributed by atoms with Crippen molar-refractivity contribution in [3.8, 4) is 0 Å². The third-order valence-corrected chi connectivity index (χ3v) is 4.75. The van der Waals surface area contributed by atoms with E-state index in [1.54, 1.807) is 0 Å². The molecular weight excluding hydrogens is 238 g/mol. The van der Waals surface area contributed by atoms with Gasteiger partial charge in [0.15, 0.2) is 0 Å². The topological polar surface area (TPSA) is 43.7 Å². The van der Waals surface area contributed by atoms with Gasteiger partial charge in [0.1, 0.15) is 0 Å². The Labute approximate surface area is 114 Å². The summed E-state index contributed by atoms with van der Waals surface area (Å²) in [5, 5.41) is 20.6. The molecule has 104 valence electrons. The van der Waals surface area contributed by atoms with E-state index >= 15 is 0 Å². The summed E-state index contributed by atoms with van der Waals surface area (Å²) in [5.74, 6) is 0. The summed E-state index contributed by atoms with van der Waals surface area (Å²) in [7, 11) is 0. The minimum absolute atomic E-state index is 0.143. The summed E-state index contributed by atoms with van der Waals surface area (Å²) in [4.78, 5) is 2.42. The van der Waals surface area contributed by atoms with Crippen molar-refractivity contribution in [3.63, 3.8) is 0 Å². The van der Waals surface area contributed by atoms with E-state index in [0.717, 1.165) is 31.2 Å². The molecule has 1 unspecified atom stereocenters. The maximum atomic E-state index is 10.8. The molecule has 0 aromatic heterocycles. The molecule has 2 aliphatic heterocycles. The van der Waals surface area contributed by atoms with Gasteiger partial charge >= 0.3 is 0 Å². The van der Waals surface area contributed by atoms with Gasteiger partial charge in [-0.15, -0.1) is 0 Å². The van der Waals surface area contributed by atoms with Crippen LogP contribution in [0.4, 0.5) is 0 Å². The molecule has 3 nitrogen and oxygen atoms in total. The fourth-order valence-electron chi connectivity index (χ4n) is 3.75. The Kier molecular flexibility index (Phi) is 3.37. The zero-order valence-electron chi connectivity index (χ0n) is 11.5. The van der Waals surface area contributed by atoms with Crippen molar-refractivity contribution in [2.45, 2.75) is 56.4 Å². The largest absolute Gasteiger partial charge is 0.393 e. The Morgan fingerprint density at radius 2 is 1.74 bits per heavy atom. The van der Waals surface area contributed by atoms with Crippen LogP contribution in [0.3, 0.4) is 0 Å². The summed E-state index contributed by atoms with van der Waals surface area (Å²) < 4.78 is 0. The average Bonchev–Trinajstić information content (AvgIpc) is 2.62. The van der Waals surface area contributed by atoms with E-state index in [-0.39, 0.29) is 6.10 Å². The van der Waals surface area contributed by atoms with Gasteiger partial charge in [-0.1, -0.05) is 30.3 Å². The Hall–Kier alpha value is -0.900. The van der Waals surface area contributed by atoms with E-state index < -0.39 is 5.60 Å². The molecule has 2 heterocycles. The van der Waals surface area contributed by atoms with Gasteiger partial charge in [-0.25, -0.2) is 0 Å². The second-order valence-electron chi connectivity index (χ2n) is 6.32. The molecule has 0 amide bonds. The van der Waals surface area contributed by atoms with Gasteiger partial charge in [0, 0.05) is 18.6 Å². The van der Waals surface area contributed by atoms with Crippen LogP contribution in [0.1, 0.15) is 38.2 Å². The molecule has 2 aliphatic rings. The van der Waals surface area contributed by atoms with Gasteiger partial charge < -0.3 is 10.2 Å². The molecule has 0 saturated carbocycles. The number of nitrogens with zero attached hydrogens (tertiary/aromatic N) is 1. The molecule has 0 radical (unpaired) electrons. The zero-order chi connectivity index (χ0) is 13.5. The number of aliphatic hydroxyl groups is 2. The van der Waals surface area contributed by atoms with Gasteiger partial charge in [0.2, 0.25) is 0 Å². The van der Waals surface area contributed by atoms with E-state index in [4.69, 9.17) is 0 Å². The van der Waals surface area contributed by atoms with Crippen LogP contribution >= 0.6 is 0 Å². The molecule has 1 aromatic rings. The summed E-state index contributed by atoms with van der Waals surface area (Å²) in [6, 6.07) is 10.8. The molecule has 0 spiro atoms. The van der Waals surface area contributed by atoms with E-state index in [2.05, 4.69) is 4.90 Å². The van der Waals surface area contributed by atoms with Crippen LogP contribution in [-0.4, -0.2) is 39.8 Å². The minimum Gasteiger partial charge on any atom is -0.393 e. The number of rotatable bonds is 3. The maximum Gasteiger partial charge on any atom is 0.0995 e. The molecule has 3 heteroatoms. The minimum atomic E-state index is -0.815. The Morgan fingerprint density at radius 1 is 1.16 bits per heavy atom. The molecule has 2 bridgehead atoms. The number of piperidine rings is 1. The van der Waals surface area contributed by atoms with Crippen LogP contribution in [0.25, 0.3) is 0 Å². The van der Waals surface area contributed by atoms with Crippen LogP contribution in [0.5, 0.6) is 0 Å². The van der Waals surface area contributed by atoms with E-state index in [1.165, 1.54) is 0 Å². The van der Waals surface area contributed by atoms with Crippen molar-refractivity contribution in [1.82, 2.24) is 4.90 Å². The summed E-state index contributed by atoms with van der Waals surface area (Å²) in [6.07, 6.45) is 3.90. The second kappa shape index (κ2) is 4.89. The number of fused-ring (bicyclic) bond motifs is 2. The number of hydrogen-bond acceptors (Lipinski definition) is 3. The molecule has 2 N–H and O–H groups in total. The van der Waals surface area contributed by atoms with Crippen molar-refractivity contribution in [2.75, 3.05) is 6.54 Å². The van der Waals surface area contributed by atoms with Crippen molar-refractivity contribution >= 4 is 0 Å². The zero-order valence-corrected chi connectivity index (χ0v) is 11.5. The van der Waals surface area contributed by atoms with Crippen LogP contribution < -0.4 is 0 Å². The Balaban J connectivity index is 1.75. The first-order chi connectivity index (χ1) is 9.06. The van der Waals surface area contributed by atoms with E-state index in [0.29, 0.717) is 18.6 Å². The first-order valence-electron chi connectivity index (χ1n) is 7.28. The lowest BCUT2D eigenvalue weighted by molar-refractivity contribution is -0.0340. The highest BCUT2D eigenvalue weighted by Crippen LogP contribution is 2.38. The normalized spacial score (nSPS) is 34.2.